The highest BCUT2D eigenvalue weighted by molar-refractivity contribution is 6.80. The second-order valence-corrected chi connectivity index (χ2v) is 1.82. The quantitative estimate of drug-likeness (QED) is 0.354. The summed E-state index contributed by atoms with van der Waals surface area (Å²) in [6.45, 7) is 0. The van der Waals surface area contributed by atoms with Gasteiger partial charge in [-0.05, 0) is 0 Å². The lowest BCUT2D eigenvalue weighted by atomic mass is 10.8. The molecule has 0 bridgehead atoms. The predicted molar refractivity (Wildman–Crippen MR) is 31.4 cm³/mol. The summed E-state index contributed by atoms with van der Waals surface area (Å²) in [7, 11) is 0. The Labute approximate surface area is 50.9 Å². The lowest BCUT2D eigenvalue weighted by Gasteiger charge is -1.81. The molecule has 0 fully saturated rings. The van der Waals surface area contributed by atoms with E-state index in [0.29, 0.717) is 5.17 Å². The molecule has 1 unspecified atom stereocenters. The Kier molecular flexibility index (Phi) is 1.30. The molecule has 0 aromatic rings. The van der Waals surface area contributed by atoms with Gasteiger partial charge in [0.05, 0.1) is 6.21 Å². The molecule has 38 valence electrons. The monoisotopic (exact) mass is 136 g/mol. The van der Waals surface area contributed by atoms with Crippen molar-refractivity contribution in [3.05, 3.63) is 0 Å². The Morgan fingerprint density at radius 3 is 2.57 bits per heavy atom. The molecule has 0 aromatic carbocycles. The van der Waals surface area contributed by atoms with Crippen LogP contribution in [-0.4, -0.2) is 17.0 Å². The van der Waals surface area contributed by atoms with Gasteiger partial charge in [-0.2, -0.15) is 0 Å². The van der Waals surface area contributed by atoms with Gasteiger partial charge in [0, 0.05) is 0 Å². The van der Waals surface area contributed by atoms with Gasteiger partial charge in [-0.1, -0.05) is 23.2 Å². The minimum atomic E-state index is -0.479. The van der Waals surface area contributed by atoms with Crippen molar-refractivity contribution in [3.63, 3.8) is 0 Å². The van der Waals surface area contributed by atoms with Crippen LogP contribution in [-0.2, 0) is 0 Å². The second kappa shape index (κ2) is 1.80. The fourth-order valence-corrected chi connectivity index (χ4v) is 0.652. The van der Waals surface area contributed by atoms with E-state index in [1.54, 1.807) is 0 Å². The number of hydrogen-bond acceptors (Lipinski definition) is 2. The lowest BCUT2D eigenvalue weighted by molar-refractivity contribution is 1.01. The molecule has 0 radical (unpaired) electrons. The molecule has 0 N–H and O–H groups in total. The first-order chi connectivity index (χ1) is 3.29. The zero-order valence-corrected chi connectivity index (χ0v) is 4.82. The maximum atomic E-state index is 5.34. The van der Waals surface area contributed by atoms with Gasteiger partial charge in [-0.15, -0.1) is 0 Å². The minimum absolute atomic E-state index is 0.375. The summed E-state index contributed by atoms with van der Waals surface area (Å²) in [5.74, 6) is 0. The van der Waals surface area contributed by atoms with Gasteiger partial charge in [-0.25, -0.2) is 9.98 Å². The molecule has 0 spiro atoms. The van der Waals surface area contributed by atoms with Crippen molar-refractivity contribution >= 4 is 34.6 Å². The van der Waals surface area contributed by atoms with Crippen LogP contribution in [0.15, 0.2) is 9.98 Å². The Morgan fingerprint density at radius 2 is 2.43 bits per heavy atom. The highest BCUT2D eigenvalue weighted by Gasteiger charge is 2.03. The maximum Gasteiger partial charge on any atom is 0.216 e. The number of nitrogens with zero attached hydrogens (tertiary/aromatic N) is 2. The Morgan fingerprint density at radius 1 is 1.71 bits per heavy atom. The van der Waals surface area contributed by atoms with E-state index in [1.165, 1.54) is 6.21 Å². The van der Waals surface area contributed by atoms with Gasteiger partial charge in [-0.3, -0.25) is 0 Å². The van der Waals surface area contributed by atoms with Crippen molar-refractivity contribution < 1.29 is 0 Å². The first kappa shape index (κ1) is 5.06. The summed E-state index contributed by atoms with van der Waals surface area (Å²) in [6.07, 6.45) is 1.43. The van der Waals surface area contributed by atoms with E-state index < -0.39 is 5.62 Å². The third-order valence-electron chi connectivity index (χ3n) is 0.534. The Hall–Kier alpha value is -0.0800. The summed E-state index contributed by atoms with van der Waals surface area (Å²) in [5, 5.41) is 0.375. The van der Waals surface area contributed by atoms with Crippen LogP contribution in [0.1, 0.15) is 0 Å². The van der Waals surface area contributed by atoms with Crippen LogP contribution < -0.4 is 0 Å². The molecule has 1 rings (SSSR count). The second-order valence-electron chi connectivity index (χ2n) is 1.04. The largest absolute Gasteiger partial charge is 0.248 e. The summed E-state index contributed by atoms with van der Waals surface area (Å²) >= 11 is 10.7. The molecular formula is C3H2Cl2N2. The highest BCUT2D eigenvalue weighted by atomic mass is 35.5. The van der Waals surface area contributed by atoms with E-state index in [-0.39, 0.29) is 0 Å². The Bertz CT molecular complexity index is 129. The summed E-state index contributed by atoms with van der Waals surface area (Å²) < 4.78 is 0. The van der Waals surface area contributed by atoms with Crippen LogP contribution >= 0.6 is 23.2 Å². The average molecular weight is 137 g/mol. The number of hydrogen-bond donors (Lipinski definition) is 0. The van der Waals surface area contributed by atoms with E-state index in [4.69, 9.17) is 23.2 Å². The molecule has 7 heavy (non-hydrogen) atoms. The van der Waals surface area contributed by atoms with Crippen LogP contribution in [0, 0.1) is 0 Å². The molecular weight excluding hydrogens is 135 g/mol. The van der Waals surface area contributed by atoms with E-state index in [2.05, 4.69) is 9.98 Å². The van der Waals surface area contributed by atoms with Crippen LogP contribution in [0.2, 0.25) is 0 Å². The molecule has 0 aliphatic carbocycles. The van der Waals surface area contributed by atoms with Gasteiger partial charge in [0.25, 0.3) is 0 Å². The van der Waals surface area contributed by atoms with Crippen LogP contribution in [0.3, 0.4) is 0 Å². The molecule has 0 aromatic heterocycles. The van der Waals surface area contributed by atoms with Crippen molar-refractivity contribution in [3.8, 4) is 0 Å². The fraction of sp³-hybridized carbons (Fsp3) is 0.333. The number of halogens is 2. The molecule has 4 heteroatoms. The summed E-state index contributed by atoms with van der Waals surface area (Å²) in [5.41, 5.74) is -0.479. The topological polar surface area (TPSA) is 24.7 Å². The first-order valence-electron chi connectivity index (χ1n) is 1.69. The summed E-state index contributed by atoms with van der Waals surface area (Å²) in [6, 6.07) is 0. The lowest BCUT2D eigenvalue weighted by Crippen LogP contribution is -1.80. The number of aliphatic imine (C=N–C) groups is 2. The van der Waals surface area contributed by atoms with E-state index in [1.807, 2.05) is 0 Å². The van der Waals surface area contributed by atoms with E-state index in [9.17, 15) is 0 Å². The minimum Gasteiger partial charge on any atom is -0.248 e. The molecule has 1 aliphatic heterocycles. The predicted octanol–water partition coefficient (Wildman–Crippen LogP) is 1.23. The number of rotatable bonds is 0. The van der Waals surface area contributed by atoms with Crippen molar-refractivity contribution in [2.75, 3.05) is 0 Å². The first-order valence-corrected chi connectivity index (χ1v) is 2.51. The maximum absolute atomic E-state index is 5.34. The van der Waals surface area contributed by atoms with Gasteiger partial charge < -0.3 is 0 Å². The molecule has 0 saturated carbocycles. The van der Waals surface area contributed by atoms with E-state index >= 15 is 0 Å². The third kappa shape index (κ3) is 1.14. The van der Waals surface area contributed by atoms with E-state index in [0.717, 1.165) is 0 Å². The summed E-state index contributed by atoms with van der Waals surface area (Å²) in [4.78, 5) is 7.24. The molecule has 0 saturated heterocycles. The smallest absolute Gasteiger partial charge is 0.216 e. The van der Waals surface area contributed by atoms with Gasteiger partial charge >= 0.3 is 0 Å². The van der Waals surface area contributed by atoms with Crippen LogP contribution in [0.25, 0.3) is 0 Å². The third-order valence-corrected chi connectivity index (χ3v) is 0.939. The van der Waals surface area contributed by atoms with Gasteiger partial charge in [0.15, 0.2) is 0 Å². The highest BCUT2D eigenvalue weighted by Crippen LogP contribution is 2.05. The zero-order chi connectivity index (χ0) is 5.28. The fourth-order valence-electron chi connectivity index (χ4n) is 0.291. The standard InChI is InChI=1S/C3H2Cl2N2/c4-2-1-6-3(5)7-2/h1,3H. The van der Waals surface area contributed by atoms with Crippen molar-refractivity contribution in [1.29, 1.82) is 0 Å². The van der Waals surface area contributed by atoms with Crippen LogP contribution in [0.4, 0.5) is 0 Å². The number of alkyl halides is 1. The molecule has 0 amide bonds. The normalized spacial score (nSPS) is 28.3. The zero-order valence-electron chi connectivity index (χ0n) is 3.31. The van der Waals surface area contributed by atoms with Crippen molar-refractivity contribution in [2.24, 2.45) is 9.98 Å². The molecule has 1 atom stereocenters. The molecule has 1 heterocycles. The van der Waals surface area contributed by atoms with Crippen molar-refractivity contribution in [2.45, 2.75) is 5.62 Å². The van der Waals surface area contributed by atoms with Gasteiger partial charge in [0.2, 0.25) is 5.62 Å². The average Bonchev–Trinajstić information content (AvgIpc) is 1.87. The Balaban J connectivity index is 2.69. The van der Waals surface area contributed by atoms with Crippen LogP contribution in [0.5, 0.6) is 0 Å². The molecule has 2 nitrogen and oxygen atoms in total. The van der Waals surface area contributed by atoms with Gasteiger partial charge in [0.1, 0.15) is 5.17 Å². The SMILES string of the molecule is ClC1=NC(Cl)N=C1. The van der Waals surface area contributed by atoms with Crippen molar-refractivity contribution in [1.82, 2.24) is 0 Å². The molecule has 1 aliphatic rings.